The van der Waals surface area contributed by atoms with E-state index in [0.29, 0.717) is 6.54 Å². The Hall–Kier alpha value is -1.92. The predicted molar refractivity (Wildman–Crippen MR) is 110 cm³/mol. The first-order valence-electron chi connectivity index (χ1n) is 9.58. The predicted octanol–water partition coefficient (Wildman–Crippen LogP) is 4.26. The van der Waals surface area contributed by atoms with Crippen molar-refractivity contribution in [3.8, 4) is 0 Å². The highest BCUT2D eigenvalue weighted by Gasteiger charge is 2.29. The number of amides is 2. The molecule has 7 nitrogen and oxygen atoms in total. The van der Waals surface area contributed by atoms with Crippen LogP contribution in [0, 0.1) is 0 Å². The second-order valence-corrected chi connectivity index (χ2v) is 8.00. The molecular formula is C20H29N2O5P. The zero-order chi connectivity index (χ0) is 20.6. The van der Waals surface area contributed by atoms with E-state index in [4.69, 9.17) is 4.52 Å². The molecule has 28 heavy (non-hydrogen) atoms. The number of nitrogens with one attached hydrogen (secondary N) is 2. The zero-order valence-electron chi connectivity index (χ0n) is 16.3. The lowest BCUT2D eigenvalue weighted by molar-refractivity contribution is 0.116. The van der Waals surface area contributed by atoms with Gasteiger partial charge < -0.3 is 20.4 Å². The first-order valence-corrected chi connectivity index (χ1v) is 11.1. The Kier molecular flexibility index (Phi) is 8.45. The molecule has 2 aromatic carbocycles. The minimum atomic E-state index is -4.71. The van der Waals surface area contributed by atoms with Crippen LogP contribution < -0.4 is 10.6 Å². The van der Waals surface area contributed by atoms with Gasteiger partial charge >= 0.3 is 13.9 Å². The Bertz CT molecular complexity index is 818. The maximum absolute atomic E-state index is 12.4. The monoisotopic (exact) mass is 408 g/mol. The average molecular weight is 408 g/mol. The van der Waals surface area contributed by atoms with Gasteiger partial charge in [-0.2, -0.15) is 0 Å². The molecule has 8 heteroatoms. The number of rotatable bonds is 10. The molecule has 0 saturated carbocycles. The molecule has 0 aromatic heterocycles. The van der Waals surface area contributed by atoms with Gasteiger partial charge in [0.05, 0.1) is 12.1 Å². The number of fused-ring (bicyclic) bond motifs is 1. The van der Waals surface area contributed by atoms with Gasteiger partial charge in [0, 0.05) is 6.54 Å². The SMILES string of the molecule is CCCCCCNC(=O)NC(c1cccc2ccccc12)C(C)OP(=O)(O)O. The summed E-state index contributed by atoms with van der Waals surface area (Å²) in [5, 5.41) is 7.48. The van der Waals surface area contributed by atoms with Crippen LogP contribution in [-0.2, 0) is 9.09 Å². The summed E-state index contributed by atoms with van der Waals surface area (Å²) in [4.78, 5) is 30.8. The fourth-order valence-corrected chi connectivity index (χ4v) is 3.75. The summed E-state index contributed by atoms with van der Waals surface area (Å²) in [5.74, 6) is 0. The highest BCUT2D eigenvalue weighted by molar-refractivity contribution is 7.46. The Balaban J connectivity index is 2.20. The first kappa shape index (κ1) is 22.4. The molecule has 0 aliphatic rings. The third kappa shape index (κ3) is 6.91. The Labute approximate surface area is 165 Å². The molecule has 2 atom stereocenters. The molecule has 2 amide bonds. The second-order valence-electron chi connectivity index (χ2n) is 6.81. The third-order valence-electron chi connectivity index (χ3n) is 4.53. The van der Waals surface area contributed by atoms with Crippen LogP contribution in [0.15, 0.2) is 42.5 Å². The van der Waals surface area contributed by atoms with Crippen molar-refractivity contribution >= 4 is 24.6 Å². The normalized spacial score (nSPS) is 13.9. The van der Waals surface area contributed by atoms with Crippen molar-refractivity contribution in [2.45, 2.75) is 51.7 Å². The first-order chi connectivity index (χ1) is 13.3. The molecule has 0 spiro atoms. The van der Waals surface area contributed by atoms with Crippen molar-refractivity contribution < 1.29 is 23.7 Å². The van der Waals surface area contributed by atoms with Gasteiger partial charge in [0.25, 0.3) is 0 Å². The van der Waals surface area contributed by atoms with Crippen molar-refractivity contribution in [2.75, 3.05) is 6.54 Å². The van der Waals surface area contributed by atoms with Crippen molar-refractivity contribution in [1.82, 2.24) is 10.6 Å². The topological polar surface area (TPSA) is 108 Å². The zero-order valence-corrected chi connectivity index (χ0v) is 17.2. The van der Waals surface area contributed by atoms with Gasteiger partial charge in [-0.15, -0.1) is 0 Å². The van der Waals surface area contributed by atoms with E-state index in [1.165, 1.54) is 6.92 Å². The molecule has 0 aliphatic heterocycles. The smallest absolute Gasteiger partial charge is 0.338 e. The lowest BCUT2D eigenvalue weighted by atomic mass is 9.96. The van der Waals surface area contributed by atoms with Crippen LogP contribution >= 0.6 is 7.82 Å². The van der Waals surface area contributed by atoms with Crippen molar-refractivity contribution in [3.05, 3.63) is 48.0 Å². The molecule has 0 aliphatic carbocycles. The minimum Gasteiger partial charge on any atom is -0.338 e. The number of urea groups is 1. The maximum Gasteiger partial charge on any atom is 0.469 e. The molecule has 2 unspecified atom stereocenters. The van der Waals surface area contributed by atoms with Crippen LogP contribution in [0.25, 0.3) is 10.8 Å². The van der Waals surface area contributed by atoms with E-state index in [-0.39, 0.29) is 0 Å². The highest BCUT2D eigenvalue weighted by Crippen LogP contribution is 2.41. The lowest BCUT2D eigenvalue weighted by Gasteiger charge is -2.27. The number of phosphoric ester groups is 1. The van der Waals surface area contributed by atoms with Crippen LogP contribution in [0.3, 0.4) is 0 Å². The summed E-state index contributed by atoms with van der Waals surface area (Å²) in [6.07, 6.45) is 3.23. The fraction of sp³-hybridized carbons (Fsp3) is 0.450. The van der Waals surface area contributed by atoms with Crippen LogP contribution in [-0.4, -0.2) is 28.5 Å². The van der Waals surface area contributed by atoms with Gasteiger partial charge in [0.1, 0.15) is 0 Å². The number of hydrogen-bond donors (Lipinski definition) is 4. The van der Waals surface area contributed by atoms with Gasteiger partial charge in [-0.25, -0.2) is 9.36 Å². The molecule has 0 fully saturated rings. The fourth-order valence-electron chi connectivity index (χ4n) is 3.19. The Morgan fingerprint density at radius 1 is 1.11 bits per heavy atom. The summed E-state index contributed by atoms with van der Waals surface area (Å²) in [7, 11) is -4.71. The largest absolute Gasteiger partial charge is 0.469 e. The van der Waals surface area contributed by atoms with Gasteiger partial charge in [-0.1, -0.05) is 68.7 Å². The molecule has 2 rings (SSSR count). The lowest BCUT2D eigenvalue weighted by Crippen LogP contribution is -2.42. The molecule has 0 bridgehead atoms. The van der Waals surface area contributed by atoms with E-state index in [2.05, 4.69) is 17.6 Å². The number of carbonyl (C=O) groups is 1. The number of benzene rings is 2. The average Bonchev–Trinajstić information content (AvgIpc) is 2.64. The van der Waals surface area contributed by atoms with E-state index >= 15 is 0 Å². The number of phosphoric acid groups is 1. The van der Waals surface area contributed by atoms with E-state index in [9.17, 15) is 19.1 Å². The Morgan fingerprint density at radius 3 is 2.54 bits per heavy atom. The second kappa shape index (κ2) is 10.6. The van der Waals surface area contributed by atoms with E-state index in [1.807, 2.05) is 42.5 Å². The van der Waals surface area contributed by atoms with Crippen LogP contribution in [0.2, 0.25) is 0 Å². The maximum atomic E-state index is 12.4. The van der Waals surface area contributed by atoms with Crippen LogP contribution in [0.5, 0.6) is 0 Å². The number of hydrogen-bond acceptors (Lipinski definition) is 3. The summed E-state index contributed by atoms with van der Waals surface area (Å²) < 4.78 is 16.2. The van der Waals surface area contributed by atoms with Crippen molar-refractivity contribution in [1.29, 1.82) is 0 Å². The van der Waals surface area contributed by atoms with Gasteiger partial charge in [0.15, 0.2) is 0 Å². The molecule has 0 saturated heterocycles. The Morgan fingerprint density at radius 2 is 1.82 bits per heavy atom. The molecule has 154 valence electrons. The van der Waals surface area contributed by atoms with Gasteiger partial charge in [0.2, 0.25) is 0 Å². The summed E-state index contributed by atoms with van der Waals surface area (Å²) >= 11 is 0. The summed E-state index contributed by atoms with van der Waals surface area (Å²) in [5.41, 5.74) is 0.736. The number of carbonyl (C=O) groups excluding carboxylic acids is 1. The summed E-state index contributed by atoms with van der Waals surface area (Å²) in [6.45, 7) is 4.20. The highest BCUT2D eigenvalue weighted by atomic mass is 31.2. The van der Waals surface area contributed by atoms with Gasteiger partial charge in [-0.05, 0) is 29.7 Å². The van der Waals surface area contributed by atoms with Crippen molar-refractivity contribution in [3.63, 3.8) is 0 Å². The quantitative estimate of drug-likeness (QED) is 0.347. The standard InChI is InChI=1S/C20H29N2O5P/c1-3-4-5-8-14-21-20(23)22-19(15(2)27-28(24,25)26)18-13-9-11-16-10-6-7-12-17(16)18/h6-7,9-13,15,19H,3-5,8,14H2,1-2H3,(H2,21,22,23)(H2,24,25,26). The molecule has 2 aromatic rings. The van der Waals surface area contributed by atoms with Crippen LogP contribution in [0.1, 0.15) is 51.1 Å². The third-order valence-corrected chi connectivity index (χ3v) is 5.14. The minimum absolute atomic E-state index is 0.393. The molecular weight excluding hydrogens is 379 g/mol. The van der Waals surface area contributed by atoms with E-state index < -0.39 is 26.0 Å². The van der Waals surface area contributed by atoms with E-state index in [1.54, 1.807) is 0 Å². The van der Waals surface area contributed by atoms with E-state index in [0.717, 1.165) is 42.0 Å². The van der Waals surface area contributed by atoms with Crippen LogP contribution in [0.4, 0.5) is 4.79 Å². The van der Waals surface area contributed by atoms with Crippen molar-refractivity contribution in [2.24, 2.45) is 0 Å². The molecule has 0 heterocycles. The molecule has 4 N–H and O–H groups in total. The van der Waals surface area contributed by atoms with Gasteiger partial charge in [-0.3, -0.25) is 4.52 Å². The number of unbranched alkanes of at least 4 members (excludes halogenated alkanes) is 3. The summed E-state index contributed by atoms with van der Waals surface area (Å²) in [6, 6.07) is 12.1. The molecule has 0 radical (unpaired) electrons.